The number of rotatable bonds is 4. The Morgan fingerprint density at radius 3 is 2.40 bits per heavy atom. The molecular formula is C15H16N2O3. The van der Waals surface area contributed by atoms with Gasteiger partial charge in [-0.05, 0) is 43.2 Å². The molecule has 20 heavy (non-hydrogen) atoms. The van der Waals surface area contributed by atoms with E-state index in [1.54, 1.807) is 31.2 Å². The lowest BCUT2D eigenvalue weighted by molar-refractivity contribution is -0.385. The molecule has 104 valence electrons. The quantitative estimate of drug-likeness (QED) is 0.679. The van der Waals surface area contributed by atoms with Gasteiger partial charge >= 0.3 is 5.69 Å². The van der Waals surface area contributed by atoms with Crippen LogP contribution in [0, 0.1) is 17.0 Å². The first-order valence-corrected chi connectivity index (χ1v) is 6.26. The van der Waals surface area contributed by atoms with E-state index in [1.165, 1.54) is 6.07 Å². The second kappa shape index (κ2) is 5.71. The molecule has 2 N–H and O–H groups in total. The lowest BCUT2D eigenvalue weighted by Crippen LogP contribution is -2.04. The van der Waals surface area contributed by atoms with Gasteiger partial charge in [-0.3, -0.25) is 10.1 Å². The van der Waals surface area contributed by atoms with Crippen LogP contribution >= 0.6 is 0 Å². The largest absolute Gasteiger partial charge is 0.450 e. The molecule has 0 aliphatic carbocycles. The summed E-state index contributed by atoms with van der Waals surface area (Å²) in [7, 11) is 0. The highest BCUT2D eigenvalue weighted by atomic mass is 16.6. The topological polar surface area (TPSA) is 78.4 Å². The normalized spacial score (nSPS) is 11.9. The van der Waals surface area contributed by atoms with Gasteiger partial charge in [0.15, 0.2) is 0 Å². The Bertz CT molecular complexity index is 622. The molecule has 1 atom stereocenters. The molecule has 5 heteroatoms. The summed E-state index contributed by atoms with van der Waals surface area (Å²) < 4.78 is 5.58. The summed E-state index contributed by atoms with van der Waals surface area (Å²) >= 11 is 0. The highest BCUT2D eigenvalue weighted by molar-refractivity contribution is 5.50. The van der Waals surface area contributed by atoms with Crippen molar-refractivity contribution in [1.82, 2.24) is 0 Å². The van der Waals surface area contributed by atoms with Crippen LogP contribution in [-0.4, -0.2) is 4.92 Å². The first kappa shape index (κ1) is 14.0. The third-order valence-electron chi connectivity index (χ3n) is 2.94. The van der Waals surface area contributed by atoms with E-state index in [2.05, 4.69) is 0 Å². The molecule has 2 aromatic carbocycles. The summed E-state index contributed by atoms with van der Waals surface area (Å²) in [5, 5.41) is 11.0. The Balaban J connectivity index is 2.28. The van der Waals surface area contributed by atoms with Gasteiger partial charge in [0.2, 0.25) is 5.75 Å². The molecule has 0 amide bonds. The maximum Gasteiger partial charge on any atom is 0.311 e. The smallest absolute Gasteiger partial charge is 0.311 e. The van der Waals surface area contributed by atoms with Gasteiger partial charge in [-0.25, -0.2) is 0 Å². The molecule has 0 aliphatic rings. The summed E-state index contributed by atoms with van der Waals surface area (Å²) in [5.41, 5.74) is 7.52. The first-order valence-electron chi connectivity index (χ1n) is 6.26. The molecule has 0 aromatic heterocycles. The van der Waals surface area contributed by atoms with Crippen LogP contribution in [0.2, 0.25) is 0 Å². The van der Waals surface area contributed by atoms with Gasteiger partial charge < -0.3 is 10.5 Å². The zero-order valence-corrected chi connectivity index (χ0v) is 11.4. The summed E-state index contributed by atoms with van der Waals surface area (Å²) in [6.07, 6.45) is 0. The summed E-state index contributed by atoms with van der Waals surface area (Å²) in [6.45, 7) is 3.69. The predicted octanol–water partition coefficient (Wildman–Crippen LogP) is 3.72. The maximum absolute atomic E-state index is 11.0. The van der Waals surface area contributed by atoms with Crippen LogP contribution in [0.25, 0.3) is 0 Å². The van der Waals surface area contributed by atoms with Crippen molar-refractivity contribution < 1.29 is 9.66 Å². The number of ether oxygens (including phenoxy) is 1. The van der Waals surface area contributed by atoms with Gasteiger partial charge in [0, 0.05) is 12.1 Å². The Morgan fingerprint density at radius 1 is 1.20 bits per heavy atom. The monoisotopic (exact) mass is 272 g/mol. The number of hydrogen-bond donors (Lipinski definition) is 1. The van der Waals surface area contributed by atoms with Gasteiger partial charge in [-0.15, -0.1) is 0 Å². The molecule has 0 radical (unpaired) electrons. The van der Waals surface area contributed by atoms with Gasteiger partial charge in [-0.2, -0.15) is 0 Å². The van der Waals surface area contributed by atoms with Crippen LogP contribution in [0.1, 0.15) is 24.1 Å². The minimum Gasteiger partial charge on any atom is -0.450 e. The molecule has 0 fully saturated rings. The van der Waals surface area contributed by atoms with Crippen molar-refractivity contribution in [1.29, 1.82) is 0 Å². The van der Waals surface area contributed by atoms with E-state index >= 15 is 0 Å². The zero-order chi connectivity index (χ0) is 14.7. The molecule has 0 bridgehead atoms. The Morgan fingerprint density at radius 2 is 1.85 bits per heavy atom. The van der Waals surface area contributed by atoms with Crippen molar-refractivity contribution in [2.24, 2.45) is 5.73 Å². The number of benzene rings is 2. The second-order valence-electron chi connectivity index (χ2n) is 4.69. The number of hydrogen-bond acceptors (Lipinski definition) is 4. The van der Waals surface area contributed by atoms with Crippen LogP contribution in [0.4, 0.5) is 5.69 Å². The molecule has 5 nitrogen and oxygen atoms in total. The molecule has 0 spiro atoms. The highest BCUT2D eigenvalue weighted by Crippen LogP contribution is 2.32. The fourth-order valence-electron chi connectivity index (χ4n) is 1.82. The molecule has 0 aliphatic heterocycles. The molecule has 0 saturated carbocycles. The van der Waals surface area contributed by atoms with E-state index in [4.69, 9.17) is 10.5 Å². The zero-order valence-electron chi connectivity index (χ0n) is 11.4. The number of nitrogens with two attached hydrogens (primary N) is 1. The number of aryl methyl sites for hydroxylation is 1. The van der Waals surface area contributed by atoms with E-state index in [1.807, 2.05) is 19.1 Å². The van der Waals surface area contributed by atoms with Crippen molar-refractivity contribution in [3.63, 3.8) is 0 Å². The van der Waals surface area contributed by atoms with E-state index in [0.29, 0.717) is 5.75 Å². The molecular weight excluding hydrogens is 256 g/mol. The maximum atomic E-state index is 11.0. The van der Waals surface area contributed by atoms with Gasteiger partial charge in [-0.1, -0.05) is 18.2 Å². The number of nitro benzene ring substituents is 1. The molecule has 0 heterocycles. The molecule has 0 unspecified atom stereocenters. The average Bonchev–Trinajstić information content (AvgIpc) is 2.41. The Kier molecular flexibility index (Phi) is 4.00. The highest BCUT2D eigenvalue weighted by Gasteiger charge is 2.15. The fraction of sp³-hybridized carbons (Fsp3) is 0.200. The summed E-state index contributed by atoms with van der Waals surface area (Å²) in [6, 6.07) is 12.0. The third kappa shape index (κ3) is 3.13. The average molecular weight is 272 g/mol. The standard InChI is InChI=1S/C15H16N2O3/c1-10-3-8-15(14(9-10)17(18)19)20-13-6-4-12(5-7-13)11(2)16/h3-9,11H,16H2,1-2H3/t11-/m1/s1. The van der Waals surface area contributed by atoms with Gasteiger partial charge in [0.05, 0.1) is 4.92 Å². The van der Waals surface area contributed by atoms with Crippen LogP contribution in [-0.2, 0) is 0 Å². The predicted molar refractivity (Wildman–Crippen MR) is 77.0 cm³/mol. The van der Waals surface area contributed by atoms with Crippen molar-refractivity contribution in [2.75, 3.05) is 0 Å². The molecule has 2 aromatic rings. The Labute approximate surface area is 117 Å². The minimum atomic E-state index is -0.446. The lowest BCUT2D eigenvalue weighted by atomic mass is 10.1. The lowest BCUT2D eigenvalue weighted by Gasteiger charge is -2.09. The number of nitrogens with zero attached hydrogens (tertiary/aromatic N) is 1. The van der Waals surface area contributed by atoms with E-state index < -0.39 is 4.92 Å². The fourth-order valence-corrected chi connectivity index (χ4v) is 1.82. The second-order valence-corrected chi connectivity index (χ2v) is 4.69. The van der Waals surface area contributed by atoms with Crippen LogP contribution in [0.5, 0.6) is 11.5 Å². The van der Waals surface area contributed by atoms with E-state index in [9.17, 15) is 10.1 Å². The molecule has 2 rings (SSSR count). The van der Waals surface area contributed by atoms with Crippen LogP contribution in [0.15, 0.2) is 42.5 Å². The minimum absolute atomic E-state index is 0.0405. The summed E-state index contributed by atoms with van der Waals surface area (Å²) in [5.74, 6) is 0.774. The Hall–Kier alpha value is -2.40. The SMILES string of the molecule is Cc1ccc(Oc2ccc([C@@H](C)N)cc2)c([N+](=O)[O-])c1. The van der Waals surface area contributed by atoms with Crippen molar-refractivity contribution in [3.8, 4) is 11.5 Å². The van der Waals surface area contributed by atoms with Gasteiger partial charge in [0.1, 0.15) is 5.75 Å². The van der Waals surface area contributed by atoms with E-state index in [-0.39, 0.29) is 17.5 Å². The van der Waals surface area contributed by atoms with Crippen molar-refractivity contribution in [3.05, 3.63) is 63.7 Å². The third-order valence-corrected chi connectivity index (χ3v) is 2.94. The van der Waals surface area contributed by atoms with E-state index in [0.717, 1.165) is 11.1 Å². The number of nitro groups is 1. The van der Waals surface area contributed by atoms with Crippen LogP contribution < -0.4 is 10.5 Å². The van der Waals surface area contributed by atoms with Crippen molar-refractivity contribution in [2.45, 2.75) is 19.9 Å². The van der Waals surface area contributed by atoms with Gasteiger partial charge in [0.25, 0.3) is 0 Å². The van der Waals surface area contributed by atoms with Crippen molar-refractivity contribution >= 4 is 5.69 Å². The molecule has 0 saturated heterocycles. The summed E-state index contributed by atoms with van der Waals surface area (Å²) in [4.78, 5) is 10.6. The first-order chi connectivity index (χ1) is 9.47. The van der Waals surface area contributed by atoms with Crippen LogP contribution in [0.3, 0.4) is 0 Å².